The van der Waals surface area contributed by atoms with Crippen molar-refractivity contribution in [2.45, 2.75) is 18.6 Å². The molecule has 0 bridgehead atoms. The summed E-state index contributed by atoms with van der Waals surface area (Å²) in [5, 5.41) is 34.6. The Morgan fingerprint density at radius 2 is 1.56 bits per heavy atom. The number of nitrogens with two attached hydrogens (primary N) is 1. The Bertz CT molecular complexity index is 1470. The summed E-state index contributed by atoms with van der Waals surface area (Å²) in [5.41, 5.74) is 6.35. The summed E-state index contributed by atoms with van der Waals surface area (Å²) >= 11 is 0. The molecule has 7 N–H and O–H groups in total. The summed E-state index contributed by atoms with van der Waals surface area (Å²) in [5.74, 6) is -6.91. The predicted octanol–water partition coefficient (Wildman–Crippen LogP) is 2.74. The Kier molecular flexibility index (Phi) is 10.3. The molecule has 0 saturated carbocycles. The molecule has 0 saturated heterocycles. The number of esters is 1. The first-order valence-corrected chi connectivity index (χ1v) is 11.0. The van der Waals surface area contributed by atoms with Crippen molar-refractivity contribution in [3.8, 4) is 17.1 Å². The summed E-state index contributed by atoms with van der Waals surface area (Å²) in [6.45, 7) is 0. The average molecular weight is 579 g/mol. The number of amidine groups is 1. The first kappa shape index (κ1) is 31.5. The molecule has 2 aromatic carbocycles. The third-order valence-electron chi connectivity index (χ3n) is 4.82. The summed E-state index contributed by atoms with van der Waals surface area (Å²) in [6, 6.07) is 13.3. The molecule has 0 fully saturated rings. The van der Waals surface area contributed by atoms with Gasteiger partial charge in [0.2, 0.25) is 5.76 Å². The lowest BCUT2D eigenvalue weighted by Gasteiger charge is -2.12. The maximum atomic E-state index is 12.4. The van der Waals surface area contributed by atoms with E-state index >= 15 is 0 Å². The fraction of sp³-hybridized carbons (Fsp3) is 0.120. The highest BCUT2D eigenvalue weighted by molar-refractivity contribution is 5.98. The minimum Gasteiger partial charge on any atom is -0.481 e. The number of carbonyl (C=O) groups excluding carboxylic acids is 2. The van der Waals surface area contributed by atoms with Gasteiger partial charge in [0.15, 0.2) is 0 Å². The van der Waals surface area contributed by atoms with Crippen LogP contribution in [0.5, 0.6) is 5.75 Å². The molecule has 3 rings (SSSR count). The van der Waals surface area contributed by atoms with Crippen LogP contribution in [0.3, 0.4) is 0 Å². The number of nitrogens with one attached hydrogen (secondary N) is 2. The normalized spacial score (nSPS) is 11.3. The zero-order valence-corrected chi connectivity index (χ0v) is 20.5. The van der Waals surface area contributed by atoms with E-state index in [9.17, 15) is 32.3 Å². The number of carboxylic acid groups (broad SMARTS) is 3. The molecular formula is C25H20F3N3O10. The van der Waals surface area contributed by atoms with E-state index in [0.717, 1.165) is 0 Å². The highest BCUT2D eigenvalue weighted by Gasteiger charge is 2.38. The quantitative estimate of drug-likeness (QED) is 0.0934. The lowest BCUT2D eigenvalue weighted by Crippen LogP contribution is -2.42. The molecule has 1 amide bonds. The Balaban J connectivity index is 0.000000745. The molecule has 1 heterocycles. The summed E-state index contributed by atoms with van der Waals surface area (Å²) < 4.78 is 42.5. The molecule has 0 aliphatic heterocycles. The second-order valence-corrected chi connectivity index (χ2v) is 7.84. The fourth-order valence-corrected chi connectivity index (χ4v) is 2.89. The van der Waals surface area contributed by atoms with E-state index < -0.39 is 48.4 Å². The molecule has 3 aromatic rings. The van der Waals surface area contributed by atoms with Gasteiger partial charge >= 0.3 is 30.1 Å². The third-order valence-corrected chi connectivity index (χ3v) is 4.82. The molecule has 0 spiro atoms. The molecule has 216 valence electrons. The summed E-state index contributed by atoms with van der Waals surface area (Å²) in [6.07, 6.45) is -5.86. The van der Waals surface area contributed by atoms with Gasteiger partial charge in [-0.15, -0.1) is 0 Å². The summed E-state index contributed by atoms with van der Waals surface area (Å²) in [4.78, 5) is 55.7. The number of halogens is 3. The number of hydrogen-bond donors (Lipinski definition) is 6. The Morgan fingerprint density at radius 1 is 0.951 bits per heavy atom. The maximum absolute atomic E-state index is 12.4. The van der Waals surface area contributed by atoms with Crippen LogP contribution >= 0.6 is 0 Å². The highest BCUT2D eigenvalue weighted by Crippen LogP contribution is 2.24. The molecule has 1 atom stereocenters. The number of amides is 1. The Labute approximate surface area is 227 Å². The largest absolute Gasteiger partial charge is 0.490 e. The number of carbonyl (C=O) groups is 5. The van der Waals surface area contributed by atoms with Gasteiger partial charge in [-0.2, -0.15) is 13.2 Å². The molecule has 41 heavy (non-hydrogen) atoms. The van der Waals surface area contributed by atoms with Gasteiger partial charge in [-0.05, 0) is 48.5 Å². The second-order valence-electron chi connectivity index (χ2n) is 7.84. The number of aliphatic carboxylic acids is 3. The SMILES string of the molecule is N=C(N)c1ccc(OC(=O)c2ccc(-c3cccc(C(=O)N[C@@H](CC(=O)O)C(=O)O)c3)o2)cc1.O=C(O)C(F)(F)F. The van der Waals surface area contributed by atoms with Gasteiger partial charge in [-0.1, -0.05) is 12.1 Å². The van der Waals surface area contributed by atoms with Gasteiger partial charge in [-0.25, -0.2) is 14.4 Å². The molecule has 13 nitrogen and oxygen atoms in total. The minimum atomic E-state index is -5.08. The van der Waals surface area contributed by atoms with Crippen molar-refractivity contribution in [1.82, 2.24) is 5.32 Å². The van der Waals surface area contributed by atoms with Crippen LogP contribution < -0.4 is 15.8 Å². The van der Waals surface area contributed by atoms with E-state index in [0.29, 0.717) is 11.1 Å². The van der Waals surface area contributed by atoms with Crippen LogP contribution in [0.25, 0.3) is 11.3 Å². The molecular weight excluding hydrogens is 559 g/mol. The number of alkyl halides is 3. The van der Waals surface area contributed by atoms with E-state index in [1.807, 2.05) is 0 Å². The van der Waals surface area contributed by atoms with Crippen LogP contribution in [-0.4, -0.2) is 63.2 Å². The molecule has 16 heteroatoms. The monoisotopic (exact) mass is 579 g/mol. The number of benzene rings is 2. The Morgan fingerprint density at radius 3 is 2.07 bits per heavy atom. The smallest absolute Gasteiger partial charge is 0.481 e. The van der Waals surface area contributed by atoms with Crippen molar-refractivity contribution >= 4 is 35.6 Å². The number of ether oxygens (including phenoxy) is 1. The van der Waals surface area contributed by atoms with Gasteiger partial charge in [0.05, 0.1) is 6.42 Å². The lowest BCUT2D eigenvalue weighted by atomic mass is 10.1. The highest BCUT2D eigenvalue weighted by atomic mass is 19.4. The van der Waals surface area contributed by atoms with Gasteiger partial charge in [0, 0.05) is 16.7 Å². The zero-order valence-electron chi connectivity index (χ0n) is 20.5. The minimum absolute atomic E-state index is 0.0697. The number of hydrogen-bond acceptors (Lipinski definition) is 8. The maximum Gasteiger partial charge on any atom is 0.490 e. The van der Waals surface area contributed by atoms with Crippen molar-refractivity contribution in [3.05, 3.63) is 77.6 Å². The van der Waals surface area contributed by atoms with Crippen molar-refractivity contribution in [2.75, 3.05) is 0 Å². The van der Waals surface area contributed by atoms with Crippen molar-refractivity contribution in [2.24, 2.45) is 5.73 Å². The predicted molar refractivity (Wildman–Crippen MR) is 131 cm³/mol. The van der Waals surface area contributed by atoms with E-state index in [-0.39, 0.29) is 28.7 Å². The van der Waals surface area contributed by atoms with Crippen LogP contribution in [0.4, 0.5) is 13.2 Å². The topological polar surface area (TPSA) is 230 Å². The number of rotatable bonds is 9. The molecule has 0 radical (unpaired) electrons. The van der Waals surface area contributed by atoms with Crippen molar-refractivity contribution < 1.29 is 61.6 Å². The van der Waals surface area contributed by atoms with Crippen LogP contribution in [0.2, 0.25) is 0 Å². The molecule has 0 aliphatic carbocycles. The van der Waals surface area contributed by atoms with Gasteiger partial charge < -0.3 is 35.5 Å². The lowest BCUT2D eigenvalue weighted by molar-refractivity contribution is -0.192. The Hall–Kier alpha value is -5.67. The van der Waals surface area contributed by atoms with Gasteiger partial charge in [0.1, 0.15) is 23.4 Å². The van der Waals surface area contributed by atoms with Crippen LogP contribution in [0, 0.1) is 5.41 Å². The molecule has 0 aliphatic rings. The average Bonchev–Trinajstić information content (AvgIpc) is 3.39. The van der Waals surface area contributed by atoms with Gasteiger partial charge in [-0.3, -0.25) is 15.0 Å². The van der Waals surface area contributed by atoms with Crippen LogP contribution in [-0.2, 0) is 14.4 Å². The third kappa shape index (κ3) is 9.54. The summed E-state index contributed by atoms with van der Waals surface area (Å²) in [7, 11) is 0. The van der Waals surface area contributed by atoms with Crippen molar-refractivity contribution in [1.29, 1.82) is 5.41 Å². The first-order chi connectivity index (χ1) is 19.1. The van der Waals surface area contributed by atoms with E-state index in [1.165, 1.54) is 54.6 Å². The number of furan rings is 1. The second kappa shape index (κ2) is 13.4. The standard InChI is InChI=1S/C23H19N3O8.C2HF3O2/c24-20(25)12-4-6-15(7-5-12)33-23(32)18-9-8-17(34-18)13-2-1-3-14(10-13)21(29)26-16(22(30)31)11-19(27)28;3-2(4,5)1(6)7/h1-10,16H,11H2,(H3,24,25)(H,26,29)(H,27,28)(H,30,31);(H,6,7)/t16-;/m0./s1. The van der Waals surface area contributed by atoms with E-state index in [4.69, 9.17) is 40.4 Å². The zero-order chi connectivity index (χ0) is 30.9. The first-order valence-electron chi connectivity index (χ1n) is 11.0. The van der Waals surface area contributed by atoms with Gasteiger partial charge in [0.25, 0.3) is 5.91 Å². The van der Waals surface area contributed by atoms with E-state index in [1.54, 1.807) is 6.07 Å². The number of nitrogen functional groups attached to an aromatic ring is 1. The molecule has 0 unspecified atom stereocenters. The number of carboxylic acids is 3. The van der Waals surface area contributed by atoms with Crippen molar-refractivity contribution in [3.63, 3.8) is 0 Å². The molecule has 1 aromatic heterocycles. The van der Waals surface area contributed by atoms with Crippen LogP contribution in [0.15, 0.2) is 65.1 Å². The fourth-order valence-electron chi connectivity index (χ4n) is 2.89. The van der Waals surface area contributed by atoms with E-state index in [2.05, 4.69) is 5.32 Å². The van der Waals surface area contributed by atoms with Crippen LogP contribution in [0.1, 0.15) is 32.9 Å².